The van der Waals surface area contributed by atoms with E-state index in [-0.39, 0.29) is 0 Å². The van der Waals surface area contributed by atoms with E-state index in [1.807, 2.05) is 42.5 Å². The Balaban J connectivity index is 1.72. The largest absolute Gasteiger partial charge is 0.497 e. The zero-order valence-electron chi connectivity index (χ0n) is 16.8. The molecule has 4 nitrogen and oxygen atoms in total. The van der Waals surface area contributed by atoms with E-state index in [0.29, 0.717) is 19.6 Å². The second-order valence-corrected chi connectivity index (χ2v) is 7.08. The van der Waals surface area contributed by atoms with E-state index in [2.05, 4.69) is 46.6 Å². The minimum absolute atomic E-state index is 0.696. The summed E-state index contributed by atoms with van der Waals surface area (Å²) in [7, 11) is 3.35. The Morgan fingerprint density at radius 3 is 1.66 bits per heavy atom. The molecule has 0 saturated carbocycles. The van der Waals surface area contributed by atoms with Crippen LogP contribution in [0.4, 0.5) is 0 Å². The fourth-order valence-corrected chi connectivity index (χ4v) is 3.19. The number of nitrogens with one attached hydrogen (secondary N) is 1. The fourth-order valence-electron chi connectivity index (χ4n) is 2.99. The zero-order chi connectivity index (χ0) is 20.5. The molecule has 0 unspecified atom stereocenters. The third-order valence-corrected chi connectivity index (χ3v) is 5.04. The van der Waals surface area contributed by atoms with Crippen LogP contribution in [0.2, 0.25) is 0 Å². The third kappa shape index (κ3) is 6.22. The molecule has 0 fully saturated rings. The highest BCUT2D eigenvalue weighted by Crippen LogP contribution is 2.17. The summed E-state index contributed by atoms with van der Waals surface area (Å²) in [6.07, 6.45) is 0. The van der Waals surface area contributed by atoms with E-state index in [4.69, 9.17) is 21.7 Å². The highest BCUT2D eigenvalue weighted by Gasteiger charge is 2.12. The lowest BCUT2D eigenvalue weighted by Gasteiger charge is -2.26. The van der Waals surface area contributed by atoms with Crippen molar-refractivity contribution in [1.82, 2.24) is 10.2 Å². The molecule has 0 aliphatic rings. The Hall–Kier alpha value is -3.05. The van der Waals surface area contributed by atoms with Gasteiger partial charge in [0.25, 0.3) is 0 Å². The first-order valence-electron chi connectivity index (χ1n) is 9.50. The highest BCUT2D eigenvalue weighted by atomic mass is 32.1. The van der Waals surface area contributed by atoms with Gasteiger partial charge in [-0.15, -0.1) is 0 Å². The SMILES string of the molecule is COc1ccc(CN(Cc2ccc(OC)cc2)C(=S)NCc2ccccc2)cc1. The number of hydrogen-bond donors (Lipinski definition) is 1. The summed E-state index contributed by atoms with van der Waals surface area (Å²) >= 11 is 5.74. The average Bonchev–Trinajstić information content (AvgIpc) is 2.78. The van der Waals surface area contributed by atoms with E-state index in [1.54, 1.807) is 14.2 Å². The molecule has 0 atom stereocenters. The Labute approximate surface area is 178 Å². The number of methoxy groups -OCH3 is 2. The smallest absolute Gasteiger partial charge is 0.169 e. The van der Waals surface area contributed by atoms with Crippen LogP contribution in [-0.2, 0) is 19.6 Å². The van der Waals surface area contributed by atoms with Crippen LogP contribution in [0.25, 0.3) is 0 Å². The van der Waals surface area contributed by atoms with Crippen LogP contribution in [0.3, 0.4) is 0 Å². The molecule has 3 aromatic rings. The summed E-state index contributed by atoms with van der Waals surface area (Å²) < 4.78 is 10.5. The number of hydrogen-bond acceptors (Lipinski definition) is 3. The van der Waals surface area contributed by atoms with Gasteiger partial charge in [0.15, 0.2) is 5.11 Å². The molecule has 0 spiro atoms. The molecular weight excluding hydrogens is 380 g/mol. The molecule has 29 heavy (non-hydrogen) atoms. The molecule has 0 heterocycles. The maximum absolute atomic E-state index is 5.74. The van der Waals surface area contributed by atoms with Gasteiger partial charge in [-0.2, -0.15) is 0 Å². The van der Waals surface area contributed by atoms with Crippen LogP contribution in [0.1, 0.15) is 16.7 Å². The Morgan fingerprint density at radius 2 is 1.21 bits per heavy atom. The second-order valence-electron chi connectivity index (χ2n) is 6.70. The summed E-state index contributed by atoms with van der Waals surface area (Å²) in [5.74, 6) is 1.69. The van der Waals surface area contributed by atoms with E-state index in [9.17, 15) is 0 Å². The van der Waals surface area contributed by atoms with Gasteiger partial charge >= 0.3 is 0 Å². The summed E-state index contributed by atoms with van der Waals surface area (Å²) in [4.78, 5) is 2.17. The molecule has 3 rings (SSSR count). The van der Waals surface area contributed by atoms with Crippen molar-refractivity contribution in [2.24, 2.45) is 0 Å². The van der Waals surface area contributed by atoms with Crippen LogP contribution in [-0.4, -0.2) is 24.2 Å². The number of rotatable bonds is 8. The minimum Gasteiger partial charge on any atom is -0.497 e. The molecule has 0 saturated heterocycles. The molecule has 1 N–H and O–H groups in total. The topological polar surface area (TPSA) is 33.7 Å². The lowest BCUT2D eigenvalue weighted by atomic mass is 10.1. The van der Waals surface area contributed by atoms with Gasteiger partial charge in [0.2, 0.25) is 0 Å². The average molecular weight is 407 g/mol. The summed E-state index contributed by atoms with van der Waals surface area (Å²) in [6.45, 7) is 2.11. The van der Waals surface area contributed by atoms with Crippen LogP contribution >= 0.6 is 12.2 Å². The Morgan fingerprint density at radius 1 is 0.724 bits per heavy atom. The molecule has 3 aromatic carbocycles. The van der Waals surface area contributed by atoms with Crippen LogP contribution in [0.15, 0.2) is 78.9 Å². The van der Waals surface area contributed by atoms with Crippen molar-refractivity contribution in [2.45, 2.75) is 19.6 Å². The minimum atomic E-state index is 0.696. The van der Waals surface area contributed by atoms with Crippen molar-refractivity contribution in [1.29, 1.82) is 0 Å². The van der Waals surface area contributed by atoms with Crippen molar-refractivity contribution in [3.8, 4) is 11.5 Å². The molecular formula is C24H26N2O2S. The molecule has 5 heteroatoms. The van der Waals surface area contributed by atoms with Crippen molar-refractivity contribution < 1.29 is 9.47 Å². The molecule has 0 aliphatic carbocycles. The van der Waals surface area contributed by atoms with E-state index >= 15 is 0 Å². The maximum atomic E-state index is 5.74. The van der Waals surface area contributed by atoms with Gasteiger partial charge in [0.1, 0.15) is 11.5 Å². The molecule has 0 bridgehead atoms. The van der Waals surface area contributed by atoms with Gasteiger partial charge in [-0.3, -0.25) is 0 Å². The summed E-state index contributed by atoms with van der Waals surface area (Å²) in [5.41, 5.74) is 3.54. The standard InChI is InChI=1S/C24H26N2O2S/c1-27-22-12-8-20(9-13-22)17-26(18-21-10-14-23(28-2)15-11-21)24(29)25-16-19-6-4-3-5-7-19/h3-15H,16-18H2,1-2H3,(H,25,29). The quantitative estimate of drug-likeness (QED) is 0.545. The van der Waals surface area contributed by atoms with Crippen molar-refractivity contribution in [3.63, 3.8) is 0 Å². The fraction of sp³-hybridized carbons (Fsp3) is 0.208. The van der Waals surface area contributed by atoms with E-state index in [0.717, 1.165) is 16.6 Å². The molecule has 0 radical (unpaired) electrons. The predicted octanol–water partition coefficient (Wildman–Crippen LogP) is 4.78. The van der Waals surface area contributed by atoms with Gasteiger partial charge in [0.05, 0.1) is 14.2 Å². The molecule has 0 aliphatic heterocycles. The maximum Gasteiger partial charge on any atom is 0.169 e. The molecule has 150 valence electrons. The first-order valence-corrected chi connectivity index (χ1v) is 9.91. The molecule has 0 amide bonds. The van der Waals surface area contributed by atoms with Gasteiger partial charge in [-0.1, -0.05) is 54.6 Å². The number of ether oxygens (including phenoxy) is 2. The Kier molecular flexibility index (Phi) is 7.47. The van der Waals surface area contributed by atoms with Crippen molar-refractivity contribution in [2.75, 3.05) is 14.2 Å². The third-order valence-electron chi connectivity index (χ3n) is 4.64. The lowest BCUT2D eigenvalue weighted by molar-refractivity contribution is 0.395. The van der Waals surface area contributed by atoms with Crippen molar-refractivity contribution in [3.05, 3.63) is 95.6 Å². The van der Waals surface area contributed by atoms with Gasteiger partial charge < -0.3 is 19.7 Å². The Bertz CT molecular complexity index is 847. The number of benzene rings is 3. The van der Waals surface area contributed by atoms with Gasteiger partial charge in [-0.05, 0) is 53.2 Å². The zero-order valence-corrected chi connectivity index (χ0v) is 17.6. The second kappa shape index (κ2) is 10.5. The van der Waals surface area contributed by atoms with Crippen molar-refractivity contribution >= 4 is 17.3 Å². The predicted molar refractivity (Wildman–Crippen MR) is 121 cm³/mol. The molecule has 0 aromatic heterocycles. The van der Waals surface area contributed by atoms with Gasteiger partial charge in [-0.25, -0.2) is 0 Å². The summed E-state index contributed by atoms with van der Waals surface area (Å²) in [6, 6.07) is 26.4. The first-order chi connectivity index (χ1) is 14.2. The normalized spacial score (nSPS) is 10.3. The monoisotopic (exact) mass is 406 g/mol. The lowest BCUT2D eigenvalue weighted by Crippen LogP contribution is -2.38. The highest BCUT2D eigenvalue weighted by molar-refractivity contribution is 7.80. The summed E-state index contributed by atoms with van der Waals surface area (Å²) in [5, 5.41) is 4.12. The van der Waals surface area contributed by atoms with Gasteiger partial charge in [0, 0.05) is 19.6 Å². The van der Waals surface area contributed by atoms with Crippen LogP contribution < -0.4 is 14.8 Å². The van der Waals surface area contributed by atoms with Crippen LogP contribution in [0, 0.1) is 0 Å². The number of thiocarbonyl (C=S) groups is 1. The van der Waals surface area contributed by atoms with E-state index in [1.165, 1.54) is 16.7 Å². The first kappa shape index (κ1) is 20.7. The number of nitrogens with zero attached hydrogens (tertiary/aromatic N) is 1. The van der Waals surface area contributed by atoms with Crippen LogP contribution in [0.5, 0.6) is 11.5 Å². The van der Waals surface area contributed by atoms with E-state index < -0.39 is 0 Å².